The zero-order valence-electron chi connectivity index (χ0n) is 19.8. The van der Waals surface area contributed by atoms with Crippen LogP contribution in [0.25, 0.3) is 22.1 Å². The largest absolute Gasteiger partial charge is 0.486 e. The number of ether oxygens (including phenoxy) is 3. The standard InChI is InChI=1S/C29H26O6/c1-3-7-20-14-22-26(16-25(20)34-17-23(30)19-8-5-4-6-9-19)35-18(2)28(29(22)31)21-10-11-24-27(15-21)33-13-12-32-24/h4-6,8-11,14-16H,3,7,12-13,17H2,1-2H3. The second kappa shape index (κ2) is 9.66. The van der Waals surface area contributed by atoms with E-state index in [9.17, 15) is 9.59 Å². The lowest BCUT2D eigenvalue weighted by Crippen LogP contribution is -2.15. The molecule has 0 bridgehead atoms. The molecule has 0 aliphatic carbocycles. The maximum absolute atomic E-state index is 13.6. The average Bonchev–Trinajstić information content (AvgIpc) is 2.88. The molecule has 0 atom stereocenters. The van der Waals surface area contributed by atoms with Crippen LogP contribution in [0.3, 0.4) is 0 Å². The Bertz CT molecular complexity index is 1450. The van der Waals surface area contributed by atoms with Gasteiger partial charge in [0, 0.05) is 11.6 Å². The van der Waals surface area contributed by atoms with Crippen molar-refractivity contribution in [3.63, 3.8) is 0 Å². The van der Waals surface area contributed by atoms with E-state index in [0.29, 0.717) is 70.3 Å². The first-order valence-electron chi connectivity index (χ1n) is 11.8. The number of hydrogen-bond acceptors (Lipinski definition) is 6. The average molecular weight is 471 g/mol. The number of fused-ring (bicyclic) bond motifs is 2. The van der Waals surface area contributed by atoms with Crippen LogP contribution in [0.4, 0.5) is 0 Å². The molecule has 0 N–H and O–H groups in total. The van der Waals surface area contributed by atoms with Gasteiger partial charge >= 0.3 is 0 Å². The van der Waals surface area contributed by atoms with Gasteiger partial charge in [-0.3, -0.25) is 9.59 Å². The normalized spacial score (nSPS) is 12.5. The lowest BCUT2D eigenvalue weighted by Gasteiger charge is -2.19. The highest BCUT2D eigenvalue weighted by atomic mass is 16.6. The van der Waals surface area contributed by atoms with Gasteiger partial charge in [0.15, 0.2) is 23.9 Å². The topological polar surface area (TPSA) is 75.0 Å². The van der Waals surface area contributed by atoms with Crippen molar-refractivity contribution in [3.05, 3.63) is 87.8 Å². The summed E-state index contributed by atoms with van der Waals surface area (Å²) in [7, 11) is 0. The molecule has 35 heavy (non-hydrogen) atoms. The molecular formula is C29H26O6. The molecule has 1 aromatic heterocycles. The summed E-state index contributed by atoms with van der Waals surface area (Å²) in [5, 5.41) is 0.477. The van der Waals surface area contributed by atoms with Crippen molar-refractivity contribution in [2.75, 3.05) is 19.8 Å². The summed E-state index contributed by atoms with van der Waals surface area (Å²) >= 11 is 0. The minimum Gasteiger partial charge on any atom is -0.486 e. The highest BCUT2D eigenvalue weighted by molar-refractivity contribution is 5.97. The number of aryl methyl sites for hydroxylation is 2. The smallest absolute Gasteiger partial charge is 0.200 e. The van der Waals surface area contributed by atoms with Crippen molar-refractivity contribution >= 4 is 16.8 Å². The summed E-state index contributed by atoms with van der Waals surface area (Å²) in [5.74, 6) is 2.22. The zero-order chi connectivity index (χ0) is 24.4. The molecule has 4 aromatic rings. The Labute approximate surface area is 203 Å². The van der Waals surface area contributed by atoms with Crippen LogP contribution < -0.4 is 19.6 Å². The molecule has 6 heteroatoms. The van der Waals surface area contributed by atoms with Gasteiger partial charge in [0.2, 0.25) is 5.43 Å². The molecule has 2 heterocycles. The number of hydrogen-bond donors (Lipinski definition) is 0. The van der Waals surface area contributed by atoms with Crippen molar-refractivity contribution in [2.45, 2.75) is 26.7 Å². The molecule has 6 nitrogen and oxygen atoms in total. The molecule has 0 fully saturated rings. The molecule has 1 aliphatic rings. The first kappa shape index (κ1) is 22.7. The van der Waals surface area contributed by atoms with E-state index in [2.05, 4.69) is 6.92 Å². The first-order chi connectivity index (χ1) is 17.0. The fraction of sp³-hybridized carbons (Fsp3) is 0.241. The van der Waals surface area contributed by atoms with Crippen molar-refractivity contribution in [3.8, 4) is 28.4 Å². The van der Waals surface area contributed by atoms with Gasteiger partial charge in [-0.25, -0.2) is 0 Å². The maximum Gasteiger partial charge on any atom is 0.200 e. The number of carbonyl (C=O) groups excluding carboxylic acids is 1. The van der Waals surface area contributed by atoms with Crippen LogP contribution >= 0.6 is 0 Å². The molecular weight excluding hydrogens is 444 g/mol. The van der Waals surface area contributed by atoms with Crippen molar-refractivity contribution < 1.29 is 23.4 Å². The Morgan fingerprint density at radius 1 is 0.971 bits per heavy atom. The van der Waals surface area contributed by atoms with Gasteiger partial charge in [-0.15, -0.1) is 0 Å². The Morgan fingerprint density at radius 3 is 2.51 bits per heavy atom. The molecule has 0 radical (unpaired) electrons. The van der Waals surface area contributed by atoms with Gasteiger partial charge in [-0.2, -0.15) is 0 Å². The van der Waals surface area contributed by atoms with Crippen LogP contribution in [0, 0.1) is 6.92 Å². The van der Waals surface area contributed by atoms with Crippen LogP contribution in [0.2, 0.25) is 0 Å². The Kier molecular flexibility index (Phi) is 6.27. The number of carbonyl (C=O) groups is 1. The molecule has 178 valence electrons. The summed E-state index contributed by atoms with van der Waals surface area (Å²) in [4.78, 5) is 26.2. The van der Waals surface area contributed by atoms with E-state index in [1.54, 1.807) is 25.1 Å². The number of ketones is 1. The van der Waals surface area contributed by atoms with Crippen LogP contribution in [-0.4, -0.2) is 25.6 Å². The van der Waals surface area contributed by atoms with E-state index < -0.39 is 0 Å². The number of benzene rings is 3. The van der Waals surface area contributed by atoms with Crippen LogP contribution in [0.5, 0.6) is 17.2 Å². The van der Waals surface area contributed by atoms with Crippen molar-refractivity contribution in [1.29, 1.82) is 0 Å². The zero-order valence-corrected chi connectivity index (χ0v) is 19.8. The van der Waals surface area contributed by atoms with Crippen LogP contribution in [0.15, 0.2) is 69.9 Å². The van der Waals surface area contributed by atoms with E-state index in [1.807, 2.05) is 42.5 Å². The lowest BCUT2D eigenvalue weighted by molar-refractivity contribution is 0.0921. The quantitative estimate of drug-likeness (QED) is 0.320. The lowest BCUT2D eigenvalue weighted by atomic mass is 9.99. The second-order valence-corrected chi connectivity index (χ2v) is 8.50. The summed E-state index contributed by atoms with van der Waals surface area (Å²) in [5.41, 5.74) is 2.97. The molecule has 0 unspecified atom stereocenters. The molecule has 1 aliphatic heterocycles. The fourth-order valence-electron chi connectivity index (χ4n) is 4.36. The number of rotatable bonds is 7. The minimum atomic E-state index is -0.121. The van der Waals surface area contributed by atoms with Gasteiger partial charge in [0.1, 0.15) is 30.3 Å². The third-order valence-corrected chi connectivity index (χ3v) is 6.05. The molecule has 0 saturated heterocycles. The van der Waals surface area contributed by atoms with Gasteiger partial charge in [-0.05, 0) is 42.7 Å². The van der Waals surface area contributed by atoms with E-state index in [-0.39, 0.29) is 17.8 Å². The highest BCUT2D eigenvalue weighted by Gasteiger charge is 2.20. The van der Waals surface area contributed by atoms with Crippen LogP contribution in [0.1, 0.15) is 35.0 Å². The monoisotopic (exact) mass is 470 g/mol. The SMILES string of the molecule is CCCc1cc2c(=O)c(-c3ccc4c(c3)OCCO4)c(C)oc2cc1OCC(=O)c1ccccc1. The Hall–Kier alpha value is -4.06. The first-order valence-corrected chi connectivity index (χ1v) is 11.8. The van der Waals surface area contributed by atoms with Gasteiger partial charge in [-0.1, -0.05) is 49.7 Å². The third-order valence-electron chi connectivity index (χ3n) is 6.05. The molecule has 5 rings (SSSR count). The summed E-state index contributed by atoms with van der Waals surface area (Å²) in [6, 6.07) is 18.1. The maximum atomic E-state index is 13.6. The molecule has 0 amide bonds. The van der Waals surface area contributed by atoms with Crippen molar-refractivity contribution in [2.24, 2.45) is 0 Å². The molecule has 0 spiro atoms. The van der Waals surface area contributed by atoms with E-state index in [4.69, 9.17) is 18.6 Å². The van der Waals surface area contributed by atoms with Gasteiger partial charge in [0.25, 0.3) is 0 Å². The fourth-order valence-corrected chi connectivity index (χ4v) is 4.36. The second-order valence-electron chi connectivity index (χ2n) is 8.50. The summed E-state index contributed by atoms with van der Waals surface area (Å²) in [6.45, 7) is 4.71. The van der Waals surface area contributed by atoms with Gasteiger partial charge < -0.3 is 18.6 Å². The predicted molar refractivity (Wildman–Crippen MR) is 134 cm³/mol. The highest BCUT2D eigenvalue weighted by Crippen LogP contribution is 2.36. The van der Waals surface area contributed by atoms with Crippen molar-refractivity contribution in [1.82, 2.24) is 0 Å². The van der Waals surface area contributed by atoms with E-state index in [0.717, 1.165) is 12.0 Å². The Morgan fingerprint density at radius 2 is 1.74 bits per heavy atom. The van der Waals surface area contributed by atoms with Crippen LogP contribution in [-0.2, 0) is 6.42 Å². The van der Waals surface area contributed by atoms with Gasteiger partial charge in [0.05, 0.1) is 10.9 Å². The molecule has 0 saturated carbocycles. The Balaban J connectivity index is 1.53. The molecule has 3 aromatic carbocycles. The third kappa shape index (κ3) is 4.52. The summed E-state index contributed by atoms with van der Waals surface area (Å²) in [6.07, 6.45) is 1.57. The van der Waals surface area contributed by atoms with E-state index in [1.165, 1.54) is 0 Å². The predicted octanol–water partition coefficient (Wildman–Crippen LogP) is 5.75. The van der Waals surface area contributed by atoms with E-state index >= 15 is 0 Å². The minimum absolute atomic E-state index is 0.0925. The summed E-state index contributed by atoms with van der Waals surface area (Å²) < 4.78 is 23.3. The number of Topliss-reactive ketones (excluding diaryl/α,β-unsaturated/α-hetero) is 1.